The molecule has 12 heavy (non-hydrogen) atoms. The molecule has 0 atom stereocenters. The molecule has 1 aromatic heterocycles. The summed E-state index contributed by atoms with van der Waals surface area (Å²) in [7, 11) is 0. The molecule has 2 rings (SSSR count). The van der Waals surface area contributed by atoms with E-state index in [2.05, 4.69) is 18.1 Å². The summed E-state index contributed by atoms with van der Waals surface area (Å²) in [5.74, 6) is 0. The lowest BCUT2D eigenvalue weighted by atomic mass is 10.0. The summed E-state index contributed by atoms with van der Waals surface area (Å²) < 4.78 is 1.96. The molecule has 1 aliphatic rings. The van der Waals surface area contributed by atoms with Gasteiger partial charge >= 0.3 is 0 Å². The molecule has 1 heterocycles. The van der Waals surface area contributed by atoms with Crippen LogP contribution >= 0.6 is 0 Å². The van der Waals surface area contributed by atoms with Crippen LogP contribution in [0.5, 0.6) is 0 Å². The van der Waals surface area contributed by atoms with Gasteiger partial charge in [0, 0.05) is 24.7 Å². The maximum Gasteiger partial charge on any atom is 0.0698 e. The predicted octanol–water partition coefficient (Wildman–Crippen LogP) is 0.893. The fourth-order valence-electron chi connectivity index (χ4n) is 1.54. The maximum absolute atomic E-state index is 5.70. The fraction of sp³-hybridized carbons (Fsp3) is 0.667. The zero-order valence-corrected chi connectivity index (χ0v) is 7.45. The van der Waals surface area contributed by atoms with Crippen LogP contribution in [0.15, 0.2) is 12.3 Å². The summed E-state index contributed by atoms with van der Waals surface area (Å²) in [6.45, 7) is 3.78. The van der Waals surface area contributed by atoms with Gasteiger partial charge in [0.05, 0.1) is 5.69 Å². The molecule has 1 aromatic rings. The molecule has 3 nitrogen and oxygen atoms in total. The van der Waals surface area contributed by atoms with Crippen LogP contribution in [-0.4, -0.2) is 16.3 Å². The summed E-state index contributed by atoms with van der Waals surface area (Å²) in [6.07, 6.45) is 4.46. The first-order valence-electron chi connectivity index (χ1n) is 4.55. The van der Waals surface area contributed by atoms with E-state index in [0.29, 0.717) is 0 Å². The van der Waals surface area contributed by atoms with Gasteiger partial charge in [-0.1, -0.05) is 0 Å². The molecule has 0 amide bonds. The molecule has 3 heteroatoms. The Morgan fingerprint density at radius 3 is 2.83 bits per heavy atom. The lowest BCUT2D eigenvalue weighted by Crippen LogP contribution is -2.20. The first-order valence-corrected chi connectivity index (χ1v) is 4.55. The van der Waals surface area contributed by atoms with Crippen LogP contribution in [-0.2, 0) is 12.0 Å². The van der Waals surface area contributed by atoms with Crippen molar-refractivity contribution in [2.45, 2.75) is 31.7 Å². The van der Waals surface area contributed by atoms with E-state index in [9.17, 15) is 0 Å². The van der Waals surface area contributed by atoms with Gasteiger partial charge in [0.15, 0.2) is 0 Å². The summed E-state index contributed by atoms with van der Waals surface area (Å²) in [4.78, 5) is 0. The molecule has 0 unspecified atom stereocenters. The third kappa shape index (κ3) is 1.05. The monoisotopic (exact) mass is 165 g/mol. The largest absolute Gasteiger partial charge is 0.330 e. The second-order valence-corrected chi connectivity index (χ2v) is 3.54. The molecule has 0 aliphatic heterocycles. The standard InChI is InChI=1S/C9H15N3/c1-2-12-6-3-8(11-12)9(7-10)4-5-9/h3,6H,2,4-5,7,10H2,1H3. The molecule has 2 N–H and O–H groups in total. The Kier molecular flexibility index (Phi) is 1.68. The summed E-state index contributed by atoms with van der Waals surface area (Å²) in [5, 5.41) is 4.47. The van der Waals surface area contributed by atoms with E-state index < -0.39 is 0 Å². The second-order valence-electron chi connectivity index (χ2n) is 3.54. The zero-order chi connectivity index (χ0) is 8.60. The lowest BCUT2D eigenvalue weighted by Gasteiger charge is -2.07. The molecule has 0 radical (unpaired) electrons. The number of nitrogens with two attached hydrogens (primary N) is 1. The summed E-state index contributed by atoms with van der Waals surface area (Å²) >= 11 is 0. The Balaban J connectivity index is 2.23. The molecule has 0 spiro atoms. The van der Waals surface area contributed by atoms with Gasteiger partial charge in [-0.05, 0) is 25.8 Å². The first kappa shape index (κ1) is 7.80. The van der Waals surface area contributed by atoms with Gasteiger partial charge in [-0.15, -0.1) is 0 Å². The van der Waals surface area contributed by atoms with Crippen LogP contribution < -0.4 is 5.73 Å². The van der Waals surface area contributed by atoms with Crippen LogP contribution in [0.25, 0.3) is 0 Å². The average Bonchev–Trinajstić information content (AvgIpc) is 2.77. The van der Waals surface area contributed by atoms with Crippen molar-refractivity contribution in [2.75, 3.05) is 6.54 Å². The number of rotatable bonds is 3. The highest BCUT2D eigenvalue weighted by molar-refractivity contribution is 5.23. The topological polar surface area (TPSA) is 43.8 Å². The third-order valence-corrected chi connectivity index (χ3v) is 2.75. The van der Waals surface area contributed by atoms with Crippen LogP contribution in [0.1, 0.15) is 25.5 Å². The van der Waals surface area contributed by atoms with E-state index in [4.69, 9.17) is 5.73 Å². The van der Waals surface area contributed by atoms with E-state index in [1.807, 2.05) is 10.9 Å². The molecule has 66 valence electrons. The van der Waals surface area contributed by atoms with Crippen molar-refractivity contribution < 1.29 is 0 Å². The average molecular weight is 165 g/mol. The Bertz CT molecular complexity index is 273. The molecule has 1 saturated carbocycles. The van der Waals surface area contributed by atoms with E-state index in [1.54, 1.807) is 0 Å². The van der Waals surface area contributed by atoms with Crippen LogP contribution in [0.2, 0.25) is 0 Å². The first-order chi connectivity index (χ1) is 5.80. The number of aryl methyl sites for hydroxylation is 1. The normalized spacial score (nSPS) is 19.5. The highest BCUT2D eigenvalue weighted by Gasteiger charge is 2.44. The van der Waals surface area contributed by atoms with Crippen molar-refractivity contribution in [1.82, 2.24) is 9.78 Å². The Labute approximate surface area is 72.6 Å². The molecule has 0 saturated heterocycles. The highest BCUT2D eigenvalue weighted by Crippen LogP contribution is 2.46. The highest BCUT2D eigenvalue weighted by atomic mass is 15.3. The van der Waals surface area contributed by atoms with Crippen molar-refractivity contribution in [3.63, 3.8) is 0 Å². The summed E-state index contributed by atoms with van der Waals surface area (Å²) in [6, 6.07) is 2.10. The summed E-state index contributed by atoms with van der Waals surface area (Å²) in [5.41, 5.74) is 7.14. The van der Waals surface area contributed by atoms with E-state index in [1.165, 1.54) is 18.5 Å². The van der Waals surface area contributed by atoms with Gasteiger partial charge in [0.1, 0.15) is 0 Å². The quantitative estimate of drug-likeness (QED) is 0.723. The van der Waals surface area contributed by atoms with Crippen molar-refractivity contribution in [3.8, 4) is 0 Å². The SMILES string of the molecule is CCn1ccc(C2(CN)CC2)n1. The Morgan fingerprint density at radius 1 is 1.67 bits per heavy atom. The predicted molar refractivity (Wildman–Crippen MR) is 47.9 cm³/mol. The smallest absolute Gasteiger partial charge is 0.0698 e. The van der Waals surface area contributed by atoms with Crippen molar-refractivity contribution in [1.29, 1.82) is 0 Å². The number of nitrogens with zero attached hydrogens (tertiary/aromatic N) is 2. The van der Waals surface area contributed by atoms with Gasteiger partial charge in [0.2, 0.25) is 0 Å². The van der Waals surface area contributed by atoms with Gasteiger partial charge in [-0.25, -0.2) is 0 Å². The molecule has 1 fully saturated rings. The van der Waals surface area contributed by atoms with E-state index >= 15 is 0 Å². The Morgan fingerprint density at radius 2 is 2.42 bits per heavy atom. The van der Waals surface area contributed by atoms with Crippen LogP contribution in [0, 0.1) is 0 Å². The minimum Gasteiger partial charge on any atom is -0.330 e. The molecule has 0 bridgehead atoms. The van der Waals surface area contributed by atoms with E-state index in [-0.39, 0.29) is 5.41 Å². The fourth-order valence-corrected chi connectivity index (χ4v) is 1.54. The lowest BCUT2D eigenvalue weighted by molar-refractivity contribution is 0.605. The van der Waals surface area contributed by atoms with Gasteiger partial charge in [-0.2, -0.15) is 5.10 Å². The number of hydrogen-bond donors (Lipinski definition) is 1. The van der Waals surface area contributed by atoms with Crippen molar-refractivity contribution >= 4 is 0 Å². The molecular weight excluding hydrogens is 150 g/mol. The number of hydrogen-bond acceptors (Lipinski definition) is 2. The number of aromatic nitrogens is 2. The van der Waals surface area contributed by atoms with Gasteiger partial charge in [-0.3, -0.25) is 4.68 Å². The molecule has 1 aliphatic carbocycles. The van der Waals surface area contributed by atoms with E-state index in [0.717, 1.165) is 13.1 Å². The molecular formula is C9H15N3. The third-order valence-electron chi connectivity index (χ3n) is 2.75. The second kappa shape index (κ2) is 2.59. The minimum absolute atomic E-state index is 0.250. The van der Waals surface area contributed by atoms with Gasteiger partial charge < -0.3 is 5.73 Å². The van der Waals surface area contributed by atoms with Gasteiger partial charge in [0.25, 0.3) is 0 Å². The minimum atomic E-state index is 0.250. The zero-order valence-electron chi connectivity index (χ0n) is 7.45. The van der Waals surface area contributed by atoms with Crippen LogP contribution in [0.4, 0.5) is 0 Å². The molecule has 0 aromatic carbocycles. The van der Waals surface area contributed by atoms with Crippen LogP contribution in [0.3, 0.4) is 0 Å². The Hall–Kier alpha value is -0.830. The maximum atomic E-state index is 5.70. The van der Waals surface area contributed by atoms with Crippen molar-refractivity contribution in [3.05, 3.63) is 18.0 Å². The van der Waals surface area contributed by atoms with Crippen molar-refractivity contribution in [2.24, 2.45) is 5.73 Å².